The topological polar surface area (TPSA) is 34.4 Å². The van der Waals surface area contributed by atoms with Crippen molar-refractivity contribution in [2.75, 3.05) is 5.75 Å². The van der Waals surface area contributed by atoms with Crippen LogP contribution in [0.2, 0.25) is 0 Å². The highest BCUT2D eigenvalue weighted by Crippen LogP contribution is 2.28. The minimum Gasteiger partial charge on any atom is -0.306 e. The fraction of sp³-hybridized carbons (Fsp3) is 0.385. The number of aldehydes is 1. The van der Waals surface area contributed by atoms with E-state index in [1.807, 2.05) is 40.7 Å². The van der Waals surface area contributed by atoms with Gasteiger partial charge >= 0.3 is 0 Å². The largest absolute Gasteiger partial charge is 0.306 e. The number of aromatic nitrogens is 2. The molecule has 0 aliphatic carbocycles. The normalized spacial score (nSPS) is 19.9. The number of imidazole rings is 1. The molecule has 0 saturated carbocycles. The quantitative estimate of drug-likeness (QED) is 0.781. The lowest BCUT2D eigenvalue weighted by Gasteiger charge is -2.03. The molecule has 17 heavy (non-hydrogen) atoms. The van der Waals surface area contributed by atoms with E-state index in [9.17, 15) is 4.79 Å². The number of hydrogen-bond acceptors (Lipinski definition) is 3. The maximum Gasteiger partial charge on any atom is 0.153 e. The molecule has 0 amide bonds. The third-order valence-corrected chi connectivity index (χ3v) is 4.55. The van der Waals surface area contributed by atoms with Crippen molar-refractivity contribution in [2.24, 2.45) is 0 Å². The van der Waals surface area contributed by atoms with E-state index >= 15 is 0 Å². The van der Waals surface area contributed by atoms with Gasteiger partial charge in [-0.15, -0.1) is 0 Å². The van der Waals surface area contributed by atoms with Crippen LogP contribution in [0.25, 0.3) is 5.65 Å². The zero-order valence-corrected chi connectivity index (χ0v) is 10.3. The molecule has 0 N–H and O–H groups in total. The Bertz CT molecular complexity index is 543. The van der Waals surface area contributed by atoms with Crippen LogP contribution in [-0.2, 0) is 6.42 Å². The summed E-state index contributed by atoms with van der Waals surface area (Å²) in [6, 6.07) is 3.69. The lowest BCUT2D eigenvalue weighted by molar-refractivity contribution is 0.112. The highest BCUT2D eigenvalue weighted by molar-refractivity contribution is 8.00. The summed E-state index contributed by atoms with van der Waals surface area (Å²) in [5.41, 5.74) is 2.54. The monoisotopic (exact) mass is 246 g/mol. The molecule has 3 nitrogen and oxygen atoms in total. The van der Waals surface area contributed by atoms with Crippen molar-refractivity contribution >= 4 is 23.7 Å². The smallest absolute Gasteiger partial charge is 0.153 e. The van der Waals surface area contributed by atoms with Crippen LogP contribution in [0, 0.1) is 0 Å². The molecule has 1 fully saturated rings. The molecule has 4 heteroatoms. The number of thioether (sulfide) groups is 1. The van der Waals surface area contributed by atoms with Crippen LogP contribution in [0.1, 0.15) is 28.9 Å². The van der Waals surface area contributed by atoms with E-state index in [2.05, 4.69) is 4.98 Å². The van der Waals surface area contributed by atoms with E-state index in [-0.39, 0.29) is 0 Å². The van der Waals surface area contributed by atoms with Gasteiger partial charge < -0.3 is 4.40 Å². The van der Waals surface area contributed by atoms with Gasteiger partial charge in [-0.25, -0.2) is 4.98 Å². The van der Waals surface area contributed by atoms with Crippen LogP contribution in [-0.4, -0.2) is 26.7 Å². The van der Waals surface area contributed by atoms with Gasteiger partial charge in [0.15, 0.2) is 6.29 Å². The fourth-order valence-electron chi connectivity index (χ4n) is 2.31. The van der Waals surface area contributed by atoms with Crippen LogP contribution in [0.3, 0.4) is 0 Å². The fourth-order valence-corrected chi connectivity index (χ4v) is 3.60. The van der Waals surface area contributed by atoms with Crippen LogP contribution >= 0.6 is 11.8 Å². The van der Waals surface area contributed by atoms with E-state index in [0.717, 1.165) is 24.0 Å². The Hall–Kier alpha value is -1.29. The van der Waals surface area contributed by atoms with Crippen LogP contribution in [0.15, 0.2) is 24.5 Å². The van der Waals surface area contributed by atoms with Crippen molar-refractivity contribution < 1.29 is 4.79 Å². The Kier molecular flexibility index (Phi) is 2.89. The van der Waals surface area contributed by atoms with E-state index in [4.69, 9.17) is 0 Å². The van der Waals surface area contributed by atoms with Crippen molar-refractivity contribution in [1.29, 1.82) is 0 Å². The molecule has 0 radical (unpaired) electrons. The van der Waals surface area contributed by atoms with Crippen LogP contribution < -0.4 is 0 Å². The second kappa shape index (κ2) is 4.53. The zero-order chi connectivity index (χ0) is 11.7. The van der Waals surface area contributed by atoms with Gasteiger partial charge in [0.05, 0.1) is 11.3 Å². The Morgan fingerprint density at radius 2 is 2.53 bits per heavy atom. The van der Waals surface area contributed by atoms with Gasteiger partial charge in [0.1, 0.15) is 5.65 Å². The number of carbonyl (C=O) groups excluding carboxylic acids is 1. The molecule has 2 aromatic rings. The van der Waals surface area contributed by atoms with Crippen molar-refractivity contribution in [3.8, 4) is 0 Å². The first kappa shape index (κ1) is 10.8. The highest BCUT2D eigenvalue weighted by atomic mass is 32.2. The molecule has 1 atom stereocenters. The minimum absolute atomic E-state index is 0.665. The molecule has 1 unspecified atom stereocenters. The summed E-state index contributed by atoms with van der Waals surface area (Å²) in [4.78, 5) is 15.5. The number of hydrogen-bond donors (Lipinski definition) is 0. The summed E-state index contributed by atoms with van der Waals surface area (Å²) in [5, 5.41) is 0.708. The van der Waals surface area contributed by atoms with Crippen LogP contribution in [0.4, 0.5) is 0 Å². The predicted octanol–water partition coefficient (Wildman–Crippen LogP) is 2.58. The molecule has 2 aromatic heterocycles. The second-order valence-electron chi connectivity index (χ2n) is 4.38. The van der Waals surface area contributed by atoms with E-state index < -0.39 is 0 Å². The maximum absolute atomic E-state index is 10.9. The molecule has 3 rings (SSSR count). The Morgan fingerprint density at radius 3 is 3.29 bits per heavy atom. The Labute approximate surface area is 104 Å². The van der Waals surface area contributed by atoms with E-state index in [0.29, 0.717) is 10.8 Å². The lowest BCUT2D eigenvalue weighted by atomic mass is 10.2. The van der Waals surface area contributed by atoms with E-state index in [1.165, 1.54) is 18.6 Å². The predicted molar refractivity (Wildman–Crippen MR) is 69.8 cm³/mol. The van der Waals surface area contributed by atoms with Crippen LogP contribution in [0.5, 0.6) is 0 Å². The first-order valence-corrected chi connectivity index (χ1v) is 6.95. The Morgan fingerprint density at radius 1 is 1.59 bits per heavy atom. The summed E-state index contributed by atoms with van der Waals surface area (Å²) in [6.45, 7) is 0. The Balaban J connectivity index is 1.92. The number of carbonyl (C=O) groups is 1. The van der Waals surface area contributed by atoms with Gasteiger partial charge in [0.2, 0.25) is 0 Å². The van der Waals surface area contributed by atoms with Gasteiger partial charge in [-0.05, 0) is 30.7 Å². The lowest BCUT2D eigenvalue weighted by Crippen LogP contribution is -2.01. The van der Waals surface area contributed by atoms with Crippen molar-refractivity contribution in [3.05, 3.63) is 35.8 Å². The summed E-state index contributed by atoms with van der Waals surface area (Å²) in [7, 11) is 0. The first-order valence-electron chi connectivity index (χ1n) is 5.90. The van der Waals surface area contributed by atoms with Crippen molar-refractivity contribution in [1.82, 2.24) is 9.38 Å². The summed E-state index contributed by atoms with van der Waals surface area (Å²) < 4.78 is 1.94. The average Bonchev–Trinajstić information content (AvgIpc) is 2.97. The second-order valence-corrected chi connectivity index (χ2v) is 5.79. The molecular weight excluding hydrogens is 232 g/mol. The minimum atomic E-state index is 0.665. The SMILES string of the molecule is O=Cc1cccn2cc(CC3CCCS3)nc12. The van der Waals surface area contributed by atoms with Gasteiger partial charge in [0, 0.05) is 24.1 Å². The molecule has 0 bridgehead atoms. The summed E-state index contributed by atoms with van der Waals surface area (Å²) in [5.74, 6) is 1.28. The molecule has 1 saturated heterocycles. The number of nitrogens with zero attached hydrogens (tertiary/aromatic N) is 2. The van der Waals surface area contributed by atoms with Gasteiger partial charge in [-0.1, -0.05) is 0 Å². The number of rotatable bonds is 3. The highest BCUT2D eigenvalue weighted by Gasteiger charge is 2.17. The summed E-state index contributed by atoms with van der Waals surface area (Å²) in [6.07, 6.45) is 8.49. The molecule has 0 spiro atoms. The zero-order valence-electron chi connectivity index (χ0n) is 9.50. The van der Waals surface area contributed by atoms with Gasteiger partial charge in [-0.3, -0.25) is 4.79 Å². The third-order valence-electron chi connectivity index (χ3n) is 3.15. The van der Waals surface area contributed by atoms with Crippen molar-refractivity contribution in [3.63, 3.8) is 0 Å². The number of pyridine rings is 1. The van der Waals surface area contributed by atoms with Crippen molar-refractivity contribution in [2.45, 2.75) is 24.5 Å². The molecule has 1 aliphatic rings. The molecule has 0 aromatic carbocycles. The number of fused-ring (bicyclic) bond motifs is 1. The molecule has 1 aliphatic heterocycles. The average molecular weight is 246 g/mol. The van der Waals surface area contributed by atoms with E-state index in [1.54, 1.807) is 0 Å². The molecular formula is C13H14N2OS. The molecule has 3 heterocycles. The standard InChI is InChI=1S/C13H14N2OS/c16-9-10-3-1-5-15-8-11(14-13(10)15)7-12-4-2-6-17-12/h1,3,5,8-9,12H,2,4,6-7H2. The van der Waals surface area contributed by atoms with Gasteiger partial charge in [0.25, 0.3) is 0 Å². The molecule has 88 valence electrons. The first-order chi connectivity index (χ1) is 8.36. The summed E-state index contributed by atoms with van der Waals surface area (Å²) >= 11 is 2.04. The van der Waals surface area contributed by atoms with Gasteiger partial charge in [-0.2, -0.15) is 11.8 Å². The third kappa shape index (κ3) is 2.09. The maximum atomic E-state index is 10.9.